The van der Waals surface area contributed by atoms with Crippen LogP contribution in [0.5, 0.6) is 5.75 Å². The summed E-state index contributed by atoms with van der Waals surface area (Å²) in [7, 11) is 0. The molecule has 32 heavy (non-hydrogen) atoms. The van der Waals surface area contributed by atoms with Crippen LogP contribution >= 0.6 is 0 Å². The van der Waals surface area contributed by atoms with Crippen molar-refractivity contribution in [2.75, 3.05) is 19.7 Å². The van der Waals surface area contributed by atoms with Gasteiger partial charge >= 0.3 is 5.97 Å². The SMILES string of the molecule is CC(=O)N1CC2CC(c3ccc(CCCOc4cccc(F)c4)cc3)=C(C(=O)O)C(C1)N2. The monoisotopic (exact) mass is 438 g/mol. The number of aliphatic carboxylic acids is 1. The van der Waals surface area contributed by atoms with Crippen LogP contribution in [0.4, 0.5) is 4.39 Å². The number of benzene rings is 2. The van der Waals surface area contributed by atoms with E-state index in [9.17, 15) is 19.1 Å². The lowest BCUT2D eigenvalue weighted by Crippen LogP contribution is -2.61. The smallest absolute Gasteiger partial charge is 0.333 e. The van der Waals surface area contributed by atoms with Gasteiger partial charge in [0.1, 0.15) is 11.6 Å². The van der Waals surface area contributed by atoms with Gasteiger partial charge in [0.2, 0.25) is 5.91 Å². The molecular formula is C25H27FN2O4. The Labute approximate surface area is 186 Å². The van der Waals surface area contributed by atoms with Crippen LogP contribution in [-0.2, 0) is 16.0 Å². The number of fused-ring (bicyclic) bond motifs is 2. The second-order valence-corrected chi connectivity index (χ2v) is 8.35. The summed E-state index contributed by atoms with van der Waals surface area (Å²) in [5.41, 5.74) is 3.24. The van der Waals surface area contributed by atoms with Crippen LogP contribution in [0.25, 0.3) is 5.57 Å². The number of nitrogens with zero attached hydrogens (tertiary/aromatic N) is 1. The number of nitrogens with one attached hydrogen (secondary N) is 1. The molecule has 6 nitrogen and oxygen atoms in total. The molecule has 2 N–H and O–H groups in total. The highest BCUT2D eigenvalue weighted by molar-refractivity contribution is 5.98. The molecule has 2 aliphatic rings. The van der Waals surface area contributed by atoms with Crippen LogP contribution < -0.4 is 10.1 Å². The second-order valence-electron chi connectivity index (χ2n) is 8.35. The molecule has 0 spiro atoms. The van der Waals surface area contributed by atoms with Gasteiger partial charge in [-0.3, -0.25) is 4.79 Å². The Balaban J connectivity index is 1.41. The Morgan fingerprint density at radius 2 is 1.97 bits per heavy atom. The molecule has 0 saturated carbocycles. The van der Waals surface area contributed by atoms with Crippen LogP contribution in [0.15, 0.2) is 54.1 Å². The summed E-state index contributed by atoms with van der Waals surface area (Å²) in [5.74, 6) is -0.766. The summed E-state index contributed by atoms with van der Waals surface area (Å²) in [6.07, 6.45) is 2.16. The fourth-order valence-corrected chi connectivity index (χ4v) is 4.52. The lowest BCUT2D eigenvalue weighted by molar-refractivity contribution is -0.135. The van der Waals surface area contributed by atoms with E-state index in [2.05, 4.69) is 5.32 Å². The van der Waals surface area contributed by atoms with E-state index in [1.165, 1.54) is 19.1 Å². The van der Waals surface area contributed by atoms with Crippen molar-refractivity contribution in [3.05, 3.63) is 71.0 Å². The second kappa shape index (κ2) is 9.53. The van der Waals surface area contributed by atoms with Crippen molar-refractivity contribution in [2.45, 2.75) is 38.3 Å². The van der Waals surface area contributed by atoms with Crippen molar-refractivity contribution >= 4 is 17.4 Å². The number of halogens is 1. The van der Waals surface area contributed by atoms with Gasteiger partial charge in [0.05, 0.1) is 18.2 Å². The average molecular weight is 438 g/mol. The minimum atomic E-state index is -0.945. The fourth-order valence-electron chi connectivity index (χ4n) is 4.52. The Morgan fingerprint density at radius 3 is 2.66 bits per heavy atom. The Bertz CT molecular complexity index is 1030. The van der Waals surface area contributed by atoms with Crippen LogP contribution in [0.1, 0.15) is 30.9 Å². The molecule has 2 unspecified atom stereocenters. The summed E-state index contributed by atoms with van der Waals surface area (Å²) in [5, 5.41) is 13.2. The van der Waals surface area contributed by atoms with Crippen molar-refractivity contribution < 1.29 is 23.8 Å². The maximum absolute atomic E-state index is 13.2. The van der Waals surface area contributed by atoms with Gasteiger partial charge in [0.15, 0.2) is 0 Å². The summed E-state index contributed by atoms with van der Waals surface area (Å²) in [6, 6.07) is 13.8. The molecule has 1 fully saturated rings. The molecule has 7 heteroatoms. The molecule has 0 aromatic heterocycles. The number of ether oxygens (including phenoxy) is 1. The quantitative estimate of drug-likeness (QED) is 0.649. The average Bonchev–Trinajstić information content (AvgIpc) is 2.76. The van der Waals surface area contributed by atoms with E-state index in [1.54, 1.807) is 17.0 Å². The van der Waals surface area contributed by atoms with E-state index in [1.807, 2.05) is 24.3 Å². The largest absolute Gasteiger partial charge is 0.493 e. The van der Waals surface area contributed by atoms with Gasteiger partial charge in [0, 0.05) is 32.1 Å². The first-order valence-corrected chi connectivity index (χ1v) is 10.9. The number of amides is 1. The van der Waals surface area contributed by atoms with Gasteiger partial charge in [-0.05, 0) is 48.1 Å². The molecule has 2 atom stereocenters. The van der Waals surface area contributed by atoms with Crippen molar-refractivity contribution in [3.8, 4) is 5.75 Å². The van der Waals surface area contributed by atoms with Crippen molar-refractivity contribution in [2.24, 2.45) is 0 Å². The Morgan fingerprint density at radius 1 is 1.19 bits per heavy atom. The topological polar surface area (TPSA) is 78.9 Å². The minimum absolute atomic E-state index is 0.0274. The molecule has 2 heterocycles. The minimum Gasteiger partial charge on any atom is -0.493 e. The third-order valence-electron chi connectivity index (χ3n) is 6.06. The molecule has 0 aliphatic carbocycles. The van der Waals surface area contributed by atoms with E-state index in [0.717, 1.165) is 29.5 Å². The lowest BCUT2D eigenvalue weighted by Gasteiger charge is -2.43. The van der Waals surface area contributed by atoms with Gasteiger partial charge in [-0.1, -0.05) is 30.3 Å². The first kappa shape index (κ1) is 22.0. The first-order chi connectivity index (χ1) is 15.4. The van der Waals surface area contributed by atoms with E-state index in [4.69, 9.17) is 4.74 Å². The number of carbonyl (C=O) groups is 2. The number of hydrogen-bond acceptors (Lipinski definition) is 4. The van der Waals surface area contributed by atoms with E-state index < -0.39 is 5.97 Å². The molecular weight excluding hydrogens is 411 g/mol. The molecule has 2 aromatic rings. The zero-order valence-corrected chi connectivity index (χ0v) is 18.0. The summed E-state index contributed by atoms with van der Waals surface area (Å²) in [6.45, 7) is 2.97. The summed E-state index contributed by atoms with van der Waals surface area (Å²) >= 11 is 0. The highest BCUT2D eigenvalue weighted by atomic mass is 19.1. The highest BCUT2D eigenvalue weighted by Crippen LogP contribution is 2.33. The predicted octanol–water partition coefficient (Wildman–Crippen LogP) is 3.27. The van der Waals surface area contributed by atoms with Crippen molar-refractivity contribution in [3.63, 3.8) is 0 Å². The predicted molar refractivity (Wildman–Crippen MR) is 119 cm³/mol. The third-order valence-corrected chi connectivity index (χ3v) is 6.06. The highest BCUT2D eigenvalue weighted by Gasteiger charge is 2.38. The number of carbonyl (C=O) groups excluding carboxylic acids is 1. The fraction of sp³-hybridized carbons (Fsp3) is 0.360. The molecule has 2 aromatic carbocycles. The molecule has 2 aliphatic heterocycles. The molecule has 0 radical (unpaired) electrons. The van der Waals surface area contributed by atoms with Gasteiger partial charge in [-0.2, -0.15) is 0 Å². The van der Waals surface area contributed by atoms with Gasteiger partial charge < -0.3 is 20.1 Å². The maximum atomic E-state index is 13.2. The van der Waals surface area contributed by atoms with Crippen molar-refractivity contribution in [1.82, 2.24) is 10.2 Å². The zero-order chi connectivity index (χ0) is 22.7. The number of aryl methyl sites for hydroxylation is 1. The van der Waals surface area contributed by atoms with Crippen LogP contribution in [-0.4, -0.2) is 53.7 Å². The molecule has 4 rings (SSSR count). The normalized spacial score (nSPS) is 20.2. The lowest BCUT2D eigenvalue weighted by atomic mass is 9.83. The molecule has 2 bridgehead atoms. The van der Waals surface area contributed by atoms with E-state index >= 15 is 0 Å². The van der Waals surface area contributed by atoms with Crippen LogP contribution in [0.2, 0.25) is 0 Å². The number of hydrogen-bond donors (Lipinski definition) is 2. The number of carboxylic acids is 1. The van der Waals surface area contributed by atoms with Gasteiger partial charge in [-0.15, -0.1) is 0 Å². The third kappa shape index (κ3) is 4.99. The van der Waals surface area contributed by atoms with E-state index in [0.29, 0.717) is 37.4 Å². The number of rotatable bonds is 7. The number of piperazine rings is 1. The summed E-state index contributed by atoms with van der Waals surface area (Å²) in [4.78, 5) is 25.6. The number of carboxylic acid groups (broad SMARTS) is 1. The molecule has 1 saturated heterocycles. The zero-order valence-electron chi connectivity index (χ0n) is 18.0. The summed E-state index contributed by atoms with van der Waals surface area (Å²) < 4.78 is 18.8. The van der Waals surface area contributed by atoms with E-state index in [-0.39, 0.29) is 23.8 Å². The van der Waals surface area contributed by atoms with Crippen LogP contribution in [0.3, 0.4) is 0 Å². The van der Waals surface area contributed by atoms with Crippen molar-refractivity contribution in [1.29, 1.82) is 0 Å². The van der Waals surface area contributed by atoms with Gasteiger partial charge in [-0.25, -0.2) is 9.18 Å². The molecule has 168 valence electrons. The maximum Gasteiger partial charge on any atom is 0.333 e. The molecule has 1 amide bonds. The Hall–Kier alpha value is -3.19. The Kier molecular flexibility index (Phi) is 6.55. The first-order valence-electron chi connectivity index (χ1n) is 10.9. The van der Waals surface area contributed by atoms with Crippen LogP contribution in [0, 0.1) is 5.82 Å². The standard InChI is InChI=1S/C25H27FN2O4/c1-16(29)28-14-20-13-22(24(25(30)31)23(15-28)27-20)18-9-7-17(8-10-18)4-3-11-32-21-6-2-5-19(26)12-21/h2,5-10,12,20,23,27H,3-4,11,13-15H2,1H3,(H,30,31). The van der Waals surface area contributed by atoms with Gasteiger partial charge in [0.25, 0.3) is 0 Å².